The molecule has 1 fully saturated rings. The summed E-state index contributed by atoms with van der Waals surface area (Å²) in [6.07, 6.45) is 4.53. The molecule has 0 atom stereocenters. The fourth-order valence-electron chi connectivity index (χ4n) is 2.91. The number of hydrogen-bond donors (Lipinski definition) is 2. The molecule has 1 saturated carbocycles. The zero-order valence-electron chi connectivity index (χ0n) is 11.8. The maximum Gasteiger partial charge on any atom is 0.306 e. The van der Waals surface area contributed by atoms with Gasteiger partial charge in [-0.25, -0.2) is 4.98 Å². The second-order valence-corrected chi connectivity index (χ2v) is 5.96. The number of nitriles is 1. The van der Waals surface area contributed by atoms with Crippen molar-refractivity contribution in [2.24, 2.45) is 5.92 Å². The summed E-state index contributed by atoms with van der Waals surface area (Å²) < 4.78 is 1.69. The van der Waals surface area contributed by atoms with Crippen LogP contribution in [0.3, 0.4) is 0 Å². The van der Waals surface area contributed by atoms with Gasteiger partial charge < -0.3 is 10.4 Å². The van der Waals surface area contributed by atoms with Gasteiger partial charge >= 0.3 is 5.97 Å². The van der Waals surface area contributed by atoms with E-state index in [4.69, 9.17) is 16.7 Å². The van der Waals surface area contributed by atoms with E-state index >= 15 is 0 Å². The molecular formula is C15H15ClN4O2. The van der Waals surface area contributed by atoms with Crippen LogP contribution in [0.15, 0.2) is 18.3 Å². The molecule has 3 rings (SSSR count). The number of hydrogen-bond acceptors (Lipinski definition) is 4. The molecule has 0 unspecified atom stereocenters. The molecule has 2 aromatic heterocycles. The first-order chi connectivity index (χ1) is 10.6. The van der Waals surface area contributed by atoms with Crippen LogP contribution in [0.2, 0.25) is 5.02 Å². The van der Waals surface area contributed by atoms with Gasteiger partial charge in [-0.05, 0) is 31.7 Å². The Morgan fingerprint density at radius 2 is 2.18 bits per heavy atom. The van der Waals surface area contributed by atoms with Crippen LogP contribution in [0.1, 0.15) is 31.4 Å². The summed E-state index contributed by atoms with van der Waals surface area (Å²) in [7, 11) is 0. The fourth-order valence-corrected chi connectivity index (χ4v) is 3.06. The van der Waals surface area contributed by atoms with Gasteiger partial charge in [0.15, 0.2) is 11.5 Å². The van der Waals surface area contributed by atoms with Crippen LogP contribution in [0.5, 0.6) is 0 Å². The summed E-state index contributed by atoms with van der Waals surface area (Å²) >= 11 is 5.95. The van der Waals surface area contributed by atoms with Crippen molar-refractivity contribution < 1.29 is 9.90 Å². The zero-order valence-corrected chi connectivity index (χ0v) is 12.5. The van der Waals surface area contributed by atoms with E-state index in [-0.39, 0.29) is 12.0 Å². The van der Waals surface area contributed by atoms with E-state index in [1.807, 2.05) is 0 Å². The highest BCUT2D eigenvalue weighted by Crippen LogP contribution is 2.28. The predicted octanol–water partition coefficient (Wildman–Crippen LogP) is 2.91. The molecule has 22 heavy (non-hydrogen) atoms. The fraction of sp³-hybridized carbons (Fsp3) is 0.400. The molecule has 0 saturated heterocycles. The van der Waals surface area contributed by atoms with Crippen LogP contribution in [-0.4, -0.2) is 26.5 Å². The van der Waals surface area contributed by atoms with Crippen LogP contribution in [0.25, 0.3) is 5.65 Å². The molecule has 0 radical (unpaired) electrons. The Bertz CT molecular complexity index is 757. The predicted molar refractivity (Wildman–Crippen MR) is 81.9 cm³/mol. The number of anilines is 1. The molecule has 7 heteroatoms. The normalized spacial score (nSPS) is 21.5. The third-order valence-corrected chi connectivity index (χ3v) is 4.35. The summed E-state index contributed by atoms with van der Waals surface area (Å²) in [4.78, 5) is 15.4. The van der Waals surface area contributed by atoms with Gasteiger partial charge in [0.25, 0.3) is 0 Å². The second kappa shape index (κ2) is 5.85. The summed E-state index contributed by atoms with van der Waals surface area (Å²) in [5.74, 6) is -0.449. The maximum absolute atomic E-state index is 11.0. The van der Waals surface area contributed by atoms with Gasteiger partial charge in [0.05, 0.1) is 5.92 Å². The van der Waals surface area contributed by atoms with Crippen LogP contribution < -0.4 is 5.32 Å². The topological polar surface area (TPSA) is 90.4 Å². The number of halogens is 1. The lowest BCUT2D eigenvalue weighted by Crippen LogP contribution is -2.29. The van der Waals surface area contributed by atoms with Crippen molar-refractivity contribution in [3.8, 4) is 6.07 Å². The number of aliphatic carboxylic acids is 1. The van der Waals surface area contributed by atoms with Crippen molar-refractivity contribution in [1.82, 2.24) is 9.38 Å². The second-order valence-electron chi connectivity index (χ2n) is 5.53. The van der Waals surface area contributed by atoms with E-state index in [0.29, 0.717) is 35.0 Å². The first-order valence-corrected chi connectivity index (χ1v) is 7.53. The zero-order chi connectivity index (χ0) is 15.7. The number of carboxylic acids is 1. The number of carbonyl (C=O) groups is 1. The average Bonchev–Trinajstić information content (AvgIpc) is 2.83. The average molecular weight is 319 g/mol. The number of aromatic nitrogens is 2. The van der Waals surface area contributed by atoms with E-state index in [2.05, 4.69) is 16.4 Å². The first-order valence-electron chi connectivity index (χ1n) is 7.15. The van der Waals surface area contributed by atoms with Gasteiger partial charge in [-0.2, -0.15) is 5.26 Å². The SMILES string of the molecule is N#Cc1c(NC2CCC(C(=O)O)CC2)nc2cc(Cl)ccn12. The Hall–Kier alpha value is -2.26. The molecule has 6 nitrogen and oxygen atoms in total. The number of fused-ring (bicyclic) bond motifs is 1. The third-order valence-electron chi connectivity index (χ3n) is 4.11. The van der Waals surface area contributed by atoms with E-state index in [0.717, 1.165) is 12.8 Å². The summed E-state index contributed by atoms with van der Waals surface area (Å²) in [5, 5.41) is 22.2. The molecule has 0 aromatic carbocycles. The van der Waals surface area contributed by atoms with Crippen LogP contribution in [-0.2, 0) is 4.79 Å². The number of pyridine rings is 1. The minimum atomic E-state index is -0.724. The van der Waals surface area contributed by atoms with Crippen molar-refractivity contribution >= 4 is 29.0 Å². The lowest BCUT2D eigenvalue weighted by Gasteiger charge is -2.26. The highest BCUT2D eigenvalue weighted by atomic mass is 35.5. The lowest BCUT2D eigenvalue weighted by molar-refractivity contribution is -0.142. The molecule has 0 aliphatic heterocycles. The van der Waals surface area contributed by atoms with Gasteiger partial charge in [-0.3, -0.25) is 9.20 Å². The van der Waals surface area contributed by atoms with Crippen molar-refractivity contribution in [2.45, 2.75) is 31.7 Å². The summed E-state index contributed by atoms with van der Waals surface area (Å²) in [5.41, 5.74) is 1.05. The lowest BCUT2D eigenvalue weighted by atomic mass is 9.86. The first kappa shape index (κ1) is 14.7. The molecule has 2 N–H and O–H groups in total. The molecule has 2 aromatic rings. The number of nitrogens with one attached hydrogen (secondary N) is 1. The van der Waals surface area contributed by atoms with Crippen LogP contribution in [0.4, 0.5) is 5.82 Å². The van der Waals surface area contributed by atoms with Gasteiger partial charge in [0.1, 0.15) is 11.7 Å². The van der Waals surface area contributed by atoms with E-state index in [9.17, 15) is 10.1 Å². The Balaban J connectivity index is 1.80. The van der Waals surface area contributed by atoms with Crippen molar-refractivity contribution in [1.29, 1.82) is 5.26 Å². The van der Waals surface area contributed by atoms with E-state index in [1.54, 1.807) is 22.7 Å². The molecule has 2 heterocycles. The van der Waals surface area contributed by atoms with E-state index in [1.165, 1.54) is 0 Å². The van der Waals surface area contributed by atoms with E-state index < -0.39 is 5.97 Å². The largest absolute Gasteiger partial charge is 0.481 e. The van der Waals surface area contributed by atoms with Crippen molar-refractivity contribution in [3.63, 3.8) is 0 Å². The smallest absolute Gasteiger partial charge is 0.306 e. The quantitative estimate of drug-likeness (QED) is 0.908. The summed E-state index contributed by atoms with van der Waals surface area (Å²) in [6, 6.07) is 5.71. The Labute approximate surface area is 132 Å². The molecule has 1 aliphatic carbocycles. The van der Waals surface area contributed by atoms with Crippen molar-refractivity contribution in [2.75, 3.05) is 5.32 Å². The molecule has 0 bridgehead atoms. The Morgan fingerprint density at radius 3 is 2.82 bits per heavy atom. The minimum Gasteiger partial charge on any atom is -0.481 e. The summed E-state index contributed by atoms with van der Waals surface area (Å²) in [6.45, 7) is 0. The number of nitrogens with zero attached hydrogens (tertiary/aromatic N) is 3. The standard InChI is InChI=1S/C15H15ClN4O2/c16-10-5-6-20-12(8-17)14(19-13(20)7-10)18-11-3-1-9(2-4-11)15(21)22/h5-7,9,11,18H,1-4H2,(H,21,22). The minimum absolute atomic E-state index is 0.142. The van der Waals surface area contributed by atoms with Gasteiger partial charge in [0.2, 0.25) is 0 Å². The van der Waals surface area contributed by atoms with Crippen molar-refractivity contribution in [3.05, 3.63) is 29.0 Å². The molecule has 0 amide bonds. The van der Waals surface area contributed by atoms with Crippen LogP contribution in [0, 0.1) is 17.2 Å². The number of rotatable bonds is 3. The van der Waals surface area contributed by atoms with Gasteiger partial charge in [-0.15, -0.1) is 0 Å². The number of carboxylic acid groups (broad SMARTS) is 1. The molecule has 1 aliphatic rings. The maximum atomic E-state index is 11.0. The molecule has 0 spiro atoms. The highest BCUT2D eigenvalue weighted by Gasteiger charge is 2.27. The Kier molecular flexibility index (Phi) is 3.90. The van der Waals surface area contributed by atoms with Crippen LogP contribution >= 0.6 is 11.6 Å². The third kappa shape index (κ3) is 2.72. The number of imidazole rings is 1. The Morgan fingerprint density at radius 1 is 1.45 bits per heavy atom. The highest BCUT2D eigenvalue weighted by molar-refractivity contribution is 6.30. The monoisotopic (exact) mass is 318 g/mol. The molecule has 114 valence electrons. The molecular weight excluding hydrogens is 304 g/mol. The van der Waals surface area contributed by atoms with Gasteiger partial charge in [0, 0.05) is 23.3 Å². The van der Waals surface area contributed by atoms with Gasteiger partial charge in [-0.1, -0.05) is 11.6 Å².